The van der Waals surface area contributed by atoms with E-state index >= 15 is 0 Å². The summed E-state index contributed by atoms with van der Waals surface area (Å²) in [6, 6.07) is 7.51. The molecule has 0 spiro atoms. The molecule has 0 fully saturated rings. The highest BCUT2D eigenvalue weighted by Gasteiger charge is 2.19. The van der Waals surface area contributed by atoms with Crippen LogP contribution in [-0.4, -0.2) is 35.6 Å². The standard InChI is InChI=1S/C17H20N2O2/c1-4-19(12-13(2)11-18)17(21)16-9-5-7-15(14(16)3)8-6-10-20/h5,7,9,13,20H,4,10,12H2,1-3H3. The van der Waals surface area contributed by atoms with Crippen molar-refractivity contribution in [3.05, 3.63) is 34.9 Å². The quantitative estimate of drug-likeness (QED) is 0.860. The molecule has 1 amide bonds. The fraction of sp³-hybridized carbons (Fsp3) is 0.412. The predicted octanol–water partition coefficient (Wildman–Crippen LogP) is 1.96. The van der Waals surface area contributed by atoms with Crippen LogP contribution in [0.15, 0.2) is 18.2 Å². The molecule has 21 heavy (non-hydrogen) atoms. The molecular formula is C17H20N2O2. The van der Waals surface area contributed by atoms with Crippen molar-refractivity contribution in [1.82, 2.24) is 4.90 Å². The lowest BCUT2D eigenvalue weighted by atomic mass is 10.0. The van der Waals surface area contributed by atoms with Gasteiger partial charge in [0.15, 0.2) is 0 Å². The summed E-state index contributed by atoms with van der Waals surface area (Å²) >= 11 is 0. The van der Waals surface area contributed by atoms with Gasteiger partial charge in [0.2, 0.25) is 0 Å². The highest BCUT2D eigenvalue weighted by Crippen LogP contribution is 2.16. The van der Waals surface area contributed by atoms with E-state index in [1.165, 1.54) is 0 Å². The second kappa shape index (κ2) is 8.09. The van der Waals surface area contributed by atoms with Gasteiger partial charge < -0.3 is 10.0 Å². The predicted molar refractivity (Wildman–Crippen MR) is 81.5 cm³/mol. The number of carbonyl (C=O) groups excluding carboxylic acids is 1. The summed E-state index contributed by atoms with van der Waals surface area (Å²) < 4.78 is 0. The van der Waals surface area contributed by atoms with Gasteiger partial charge in [-0.05, 0) is 38.5 Å². The molecule has 0 radical (unpaired) electrons. The molecule has 1 unspecified atom stereocenters. The van der Waals surface area contributed by atoms with Gasteiger partial charge in [-0.15, -0.1) is 0 Å². The van der Waals surface area contributed by atoms with Crippen molar-refractivity contribution in [1.29, 1.82) is 5.26 Å². The summed E-state index contributed by atoms with van der Waals surface area (Å²) in [7, 11) is 0. The molecule has 0 aliphatic carbocycles. The summed E-state index contributed by atoms with van der Waals surface area (Å²) in [6.45, 7) is 6.29. The van der Waals surface area contributed by atoms with Crippen molar-refractivity contribution >= 4 is 5.91 Å². The molecule has 0 saturated carbocycles. The number of nitriles is 1. The third-order valence-electron chi connectivity index (χ3n) is 3.25. The van der Waals surface area contributed by atoms with Gasteiger partial charge in [0, 0.05) is 24.2 Å². The fourth-order valence-electron chi connectivity index (χ4n) is 2.03. The minimum Gasteiger partial charge on any atom is -0.384 e. The Bertz CT molecular complexity index is 605. The maximum Gasteiger partial charge on any atom is 0.254 e. The van der Waals surface area contributed by atoms with Crippen LogP contribution in [-0.2, 0) is 0 Å². The van der Waals surface area contributed by atoms with Crippen LogP contribution in [0.25, 0.3) is 0 Å². The summed E-state index contributed by atoms with van der Waals surface area (Å²) in [4.78, 5) is 14.3. The molecule has 1 aromatic carbocycles. The topological polar surface area (TPSA) is 64.3 Å². The van der Waals surface area contributed by atoms with Crippen molar-refractivity contribution in [3.8, 4) is 17.9 Å². The van der Waals surface area contributed by atoms with Crippen molar-refractivity contribution in [3.63, 3.8) is 0 Å². The Morgan fingerprint density at radius 1 is 1.48 bits per heavy atom. The summed E-state index contributed by atoms with van der Waals surface area (Å²) in [5.74, 6) is 5.14. The molecule has 0 bridgehead atoms. The first-order valence-corrected chi connectivity index (χ1v) is 6.93. The molecular weight excluding hydrogens is 264 g/mol. The first-order chi connectivity index (χ1) is 10.0. The monoisotopic (exact) mass is 284 g/mol. The number of hydrogen-bond donors (Lipinski definition) is 1. The maximum atomic E-state index is 12.6. The lowest BCUT2D eigenvalue weighted by Crippen LogP contribution is -2.34. The van der Waals surface area contributed by atoms with Crippen molar-refractivity contribution in [2.75, 3.05) is 19.7 Å². The van der Waals surface area contributed by atoms with Gasteiger partial charge in [0.1, 0.15) is 6.61 Å². The van der Waals surface area contributed by atoms with E-state index in [9.17, 15) is 4.79 Å². The maximum absolute atomic E-state index is 12.6. The second-order valence-electron chi connectivity index (χ2n) is 4.81. The van der Waals surface area contributed by atoms with E-state index in [0.29, 0.717) is 18.7 Å². The minimum atomic E-state index is -0.210. The Balaban J connectivity index is 3.09. The number of aliphatic hydroxyl groups excluding tert-OH is 1. The lowest BCUT2D eigenvalue weighted by molar-refractivity contribution is 0.0752. The van der Waals surface area contributed by atoms with E-state index in [1.807, 2.05) is 19.9 Å². The molecule has 1 atom stereocenters. The Hall–Kier alpha value is -2.30. The molecule has 0 aliphatic rings. The van der Waals surface area contributed by atoms with Crippen molar-refractivity contribution < 1.29 is 9.90 Å². The zero-order chi connectivity index (χ0) is 15.8. The number of aliphatic hydroxyl groups is 1. The largest absolute Gasteiger partial charge is 0.384 e. The first-order valence-electron chi connectivity index (χ1n) is 6.93. The first kappa shape index (κ1) is 16.8. The molecule has 0 aromatic heterocycles. The average molecular weight is 284 g/mol. The zero-order valence-electron chi connectivity index (χ0n) is 12.7. The molecule has 1 aromatic rings. The van der Waals surface area contributed by atoms with Crippen LogP contribution in [0.2, 0.25) is 0 Å². The van der Waals surface area contributed by atoms with E-state index in [1.54, 1.807) is 24.0 Å². The van der Waals surface area contributed by atoms with E-state index in [4.69, 9.17) is 10.4 Å². The average Bonchev–Trinajstić information content (AvgIpc) is 2.50. The number of nitrogens with zero attached hydrogens (tertiary/aromatic N) is 2. The van der Waals surface area contributed by atoms with Gasteiger partial charge in [-0.2, -0.15) is 5.26 Å². The smallest absolute Gasteiger partial charge is 0.254 e. The highest BCUT2D eigenvalue weighted by atomic mass is 16.2. The number of rotatable bonds is 4. The Labute approximate surface area is 126 Å². The van der Waals surface area contributed by atoms with E-state index < -0.39 is 0 Å². The van der Waals surface area contributed by atoms with Gasteiger partial charge in [-0.1, -0.05) is 17.9 Å². The number of benzene rings is 1. The molecule has 1 N–H and O–H groups in total. The van der Waals surface area contributed by atoms with E-state index in [-0.39, 0.29) is 18.4 Å². The molecule has 1 rings (SSSR count). The molecule has 0 saturated heterocycles. The van der Waals surface area contributed by atoms with Gasteiger partial charge in [-0.3, -0.25) is 4.79 Å². The third-order valence-corrected chi connectivity index (χ3v) is 3.25. The SMILES string of the molecule is CCN(CC(C)C#N)C(=O)c1cccc(C#CCO)c1C. The summed E-state index contributed by atoms with van der Waals surface area (Å²) in [6.07, 6.45) is 0. The van der Waals surface area contributed by atoms with Crippen molar-refractivity contribution in [2.45, 2.75) is 20.8 Å². The summed E-state index contributed by atoms with van der Waals surface area (Å²) in [5.41, 5.74) is 2.12. The third kappa shape index (κ3) is 4.34. The van der Waals surface area contributed by atoms with E-state index in [2.05, 4.69) is 17.9 Å². The number of hydrogen-bond acceptors (Lipinski definition) is 3. The van der Waals surface area contributed by atoms with Crippen LogP contribution in [0.1, 0.15) is 35.3 Å². The molecule has 4 heteroatoms. The second-order valence-corrected chi connectivity index (χ2v) is 4.81. The van der Waals surface area contributed by atoms with Crippen LogP contribution < -0.4 is 0 Å². The minimum absolute atomic E-state index is 0.0928. The zero-order valence-corrected chi connectivity index (χ0v) is 12.7. The fourth-order valence-corrected chi connectivity index (χ4v) is 2.03. The van der Waals surface area contributed by atoms with Gasteiger partial charge in [0.25, 0.3) is 5.91 Å². The van der Waals surface area contributed by atoms with Crippen LogP contribution in [0.3, 0.4) is 0 Å². The molecule has 4 nitrogen and oxygen atoms in total. The van der Waals surface area contributed by atoms with Crippen molar-refractivity contribution in [2.24, 2.45) is 5.92 Å². The van der Waals surface area contributed by atoms with Crippen LogP contribution in [0, 0.1) is 36.0 Å². The lowest BCUT2D eigenvalue weighted by Gasteiger charge is -2.23. The highest BCUT2D eigenvalue weighted by molar-refractivity contribution is 5.96. The molecule has 110 valence electrons. The van der Waals surface area contributed by atoms with Crippen LogP contribution in [0.4, 0.5) is 0 Å². The van der Waals surface area contributed by atoms with Gasteiger partial charge >= 0.3 is 0 Å². The van der Waals surface area contributed by atoms with Crippen LogP contribution in [0.5, 0.6) is 0 Å². The van der Waals surface area contributed by atoms with Gasteiger partial charge in [-0.25, -0.2) is 0 Å². The normalized spacial score (nSPS) is 11.0. The van der Waals surface area contributed by atoms with Crippen LogP contribution >= 0.6 is 0 Å². The molecule has 0 heterocycles. The van der Waals surface area contributed by atoms with E-state index in [0.717, 1.165) is 11.1 Å². The Kier molecular flexibility index (Phi) is 6.46. The summed E-state index contributed by atoms with van der Waals surface area (Å²) in [5, 5.41) is 17.7. The molecule has 0 aliphatic heterocycles. The Morgan fingerprint density at radius 2 is 2.19 bits per heavy atom. The van der Waals surface area contributed by atoms with Gasteiger partial charge in [0.05, 0.1) is 12.0 Å². The number of carbonyl (C=O) groups is 1. The number of amides is 1. The Morgan fingerprint density at radius 3 is 2.76 bits per heavy atom.